The molecule has 1 aromatic carbocycles. The Bertz CT molecular complexity index is 80.5. The molecule has 0 amide bonds. The molecule has 0 aliphatic carbocycles. The van der Waals surface area contributed by atoms with Gasteiger partial charge < -0.3 is 0 Å². The number of hydrogen-bond acceptors (Lipinski definition) is 0. The van der Waals surface area contributed by atoms with Crippen molar-refractivity contribution < 1.29 is 17.1 Å². The number of nitrogens with zero attached hydrogens (tertiary/aromatic N) is 1. The van der Waals surface area contributed by atoms with Crippen molar-refractivity contribution in [3.05, 3.63) is 36.4 Å². The summed E-state index contributed by atoms with van der Waals surface area (Å²) in [6.45, 7) is 0. The van der Waals surface area contributed by atoms with Crippen molar-refractivity contribution >= 4 is 0 Å². The van der Waals surface area contributed by atoms with E-state index >= 15 is 0 Å². The maximum atomic E-state index is 2.00. The molecule has 1 rings (SSSR count). The maximum Gasteiger partial charge on any atom is 0 e. The molecule has 0 saturated heterocycles. The zero-order chi connectivity index (χ0) is 4.24. The minimum atomic E-state index is 0. The van der Waals surface area contributed by atoms with Gasteiger partial charge in [0.05, 0.1) is 0 Å². The number of rotatable bonds is 0. The summed E-state index contributed by atoms with van der Waals surface area (Å²) >= 11 is 0. The van der Waals surface area contributed by atoms with Crippen LogP contribution in [-0.4, -0.2) is 0 Å². The molecule has 0 spiro atoms. The summed E-state index contributed by atoms with van der Waals surface area (Å²) < 4.78 is 0. The van der Waals surface area contributed by atoms with Crippen LogP contribution >= 0.6 is 0 Å². The second kappa shape index (κ2) is 6.70. The van der Waals surface area contributed by atoms with Crippen molar-refractivity contribution in [2.45, 2.75) is 0 Å². The van der Waals surface area contributed by atoms with E-state index in [1.165, 1.54) is 0 Å². The molecule has 2 heteroatoms. The summed E-state index contributed by atoms with van der Waals surface area (Å²) in [5, 5.41) is 0. The Morgan fingerprint density at radius 2 is 0.625 bits per heavy atom. The van der Waals surface area contributed by atoms with Gasteiger partial charge in [0.25, 0.3) is 0 Å². The molecule has 4 radical (unpaired) electrons. The van der Waals surface area contributed by atoms with Gasteiger partial charge in [0.1, 0.15) is 0 Å². The monoisotopic (exact) mass is 155 g/mol. The Morgan fingerprint density at radius 3 is 0.750 bits per heavy atom. The second-order valence-corrected chi connectivity index (χ2v) is 1.15. The summed E-state index contributed by atoms with van der Waals surface area (Å²) in [4.78, 5) is 0. The van der Waals surface area contributed by atoms with E-state index in [0.29, 0.717) is 0 Å². The fraction of sp³-hybridized carbons (Fsp3) is 0. The van der Waals surface area contributed by atoms with E-state index < -0.39 is 0 Å². The van der Waals surface area contributed by atoms with Gasteiger partial charge in [-0.25, -0.2) is 0 Å². The molecule has 0 heterocycles. The van der Waals surface area contributed by atoms with E-state index in [0.717, 1.165) is 0 Å². The molecule has 0 aromatic heterocycles. The summed E-state index contributed by atoms with van der Waals surface area (Å²) in [6.07, 6.45) is 0. The third-order valence-electron chi connectivity index (χ3n) is 0.667. The van der Waals surface area contributed by atoms with Crippen molar-refractivity contribution in [2.75, 3.05) is 0 Å². The molecule has 8 heavy (non-hydrogen) atoms. The Kier molecular flexibility index (Phi) is 8.91. The van der Waals surface area contributed by atoms with Crippen LogP contribution < -0.4 is 6.15 Å². The summed E-state index contributed by atoms with van der Waals surface area (Å²) in [5.74, 6) is 0. The smallest absolute Gasteiger partial charge is 0 e. The van der Waals surface area contributed by atoms with Gasteiger partial charge in [-0.05, 0) is 0 Å². The van der Waals surface area contributed by atoms with Crippen molar-refractivity contribution in [3.8, 4) is 0 Å². The number of hydrogen-bond donors (Lipinski definition) is 0. The standard InChI is InChI=1S/C6H6.Cu.N/c1-2-4-6-5-3-1;;/h1-6H;;. The van der Waals surface area contributed by atoms with Gasteiger partial charge in [-0.1, -0.05) is 36.4 Å². The molecule has 0 aliphatic heterocycles. The average Bonchev–Trinajstić information content (AvgIpc) is 1.72. The maximum absolute atomic E-state index is 2.00. The quantitative estimate of drug-likeness (QED) is 0.505. The van der Waals surface area contributed by atoms with Crippen molar-refractivity contribution in [1.29, 1.82) is 0 Å². The van der Waals surface area contributed by atoms with Crippen molar-refractivity contribution in [2.24, 2.45) is 0 Å². The molecule has 0 unspecified atom stereocenters. The van der Waals surface area contributed by atoms with Crippen LogP contribution in [0.1, 0.15) is 0 Å². The predicted octanol–water partition coefficient (Wildman–Crippen LogP) is 1.20. The Hall–Kier alpha value is -0.301. The van der Waals surface area contributed by atoms with E-state index in [1.54, 1.807) is 0 Å². The molecule has 0 bridgehead atoms. The Balaban J connectivity index is 0. The first kappa shape index (κ1) is 10.6. The van der Waals surface area contributed by atoms with Gasteiger partial charge in [0, 0.05) is 23.2 Å². The third-order valence-corrected chi connectivity index (χ3v) is 0.667. The molecule has 0 atom stereocenters. The van der Waals surface area contributed by atoms with Gasteiger partial charge in [-0.15, -0.1) is 0 Å². The van der Waals surface area contributed by atoms with Crippen LogP contribution in [0.2, 0.25) is 0 Å². The molecule has 0 fully saturated rings. The van der Waals surface area contributed by atoms with Crippen LogP contribution in [0.15, 0.2) is 36.4 Å². The van der Waals surface area contributed by atoms with Gasteiger partial charge in [-0.3, -0.25) is 0 Å². The van der Waals surface area contributed by atoms with Crippen LogP contribution in [-0.2, 0) is 17.1 Å². The van der Waals surface area contributed by atoms with Gasteiger partial charge in [0.15, 0.2) is 0 Å². The molecule has 0 aliphatic rings. The van der Waals surface area contributed by atoms with Crippen molar-refractivity contribution in [3.63, 3.8) is 0 Å². The Labute approximate surface area is 60.2 Å². The van der Waals surface area contributed by atoms with Crippen LogP contribution in [0.3, 0.4) is 0 Å². The number of benzene rings is 1. The molecular weight excluding hydrogens is 150 g/mol. The first-order chi connectivity index (χ1) is 3.00. The third kappa shape index (κ3) is 3.87. The van der Waals surface area contributed by atoms with E-state index in [1.807, 2.05) is 36.4 Å². The topological polar surface area (TPSA) is 30.5 Å². The fourth-order valence-corrected chi connectivity index (χ4v) is 0.385. The van der Waals surface area contributed by atoms with Crippen LogP contribution in [0.5, 0.6) is 0 Å². The van der Waals surface area contributed by atoms with E-state index in [2.05, 4.69) is 0 Å². The van der Waals surface area contributed by atoms with E-state index in [9.17, 15) is 0 Å². The summed E-state index contributed by atoms with van der Waals surface area (Å²) in [7, 11) is 0. The van der Waals surface area contributed by atoms with Crippen LogP contribution in [0.4, 0.5) is 0 Å². The molecule has 46 valence electrons. The average molecular weight is 156 g/mol. The summed E-state index contributed by atoms with van der Waals surface area (Å²) in [5.41, 5.74) is 0. The van der Waals surface area contributed by atoms with Gasteiger partial charge in [-0.2, -0.15) is 0 Å². The summed E-state index contributed by atoms with van der Waals surface area (Å²) in [6, 6.07) is 12.0. The molecule has 0 N–H and O–H groups in total. The van der Waals surface area contributed by atoms with E-state index in [-0.39, 0.29) is 23.2 Å². The van der Waals surface area contributed by atoms with Crippen LogP contribution in [0, 0.1) is 0 Å². The SMILES string of the molecule is [Cu].[N].c1ccccc1. The first-order valence-corrected chi connectivity index (χ1v) is 2.00. The van der Waals surface area contributed by atoms with Gasteiger partial charge >= 0.3 is 0 Å². The minimum absolute atomic E-state index is 0. The minimum Gasteiger partial charge on any atom is -0.0623 e. The normalized spacial score (nSPS) is 6.00. The first-order valence-electron chi connectivity index (χ1n) is 2.00. The molecular formula is C6H6CuN. The van der Waals surface area contributed by atoms with E-state index in [4.69, 9.17) is 0 Å². The fourth-order valence-electron chi connectivity index (χ4n) is 0.385. The zero-order valence-electron chi connectivity index (χ0n) is 4.21. The van der Waals surface area contributed by atoms with Crippen LogP contribution in [0.25, 0.3) is 0 Å². The molecule has 1 nitrogen and oxygen atoms in total. The zero-order valence-corrected chi connectivity index (χ0v) is 5.15. The molecule has 1 aromatic rings. The largest absolute Gasteiger partial charge is 0.0623 e. The second-order valence-electron chi connectivity index (χ2n) is 1.15. The molecule has 0 saturated carbocycles. The Morgan fingerprint density at radius 1 is 0.500 bits per heavy atom. The predicted molar refractivity (Wildman–Crippen MR) is 28.6 cm³/mol. The van der Waals surface area contributed by atoms with Gasteiger partial charge in [0.2, 0.25) is 0 Å². The van der Waals surface area contributed by atoms with Crippen molar-refractivity contribution in [1.82, 2.24) is 6.15 Å².